The summed E-state index contributed by atoms with van der Waals surface area (Å²) in [5, 5.41) is 9.05. The van der Waals surface area contributed by atoms with Crippen LogP contribution in [0.5, 0.6) is 0 Å². The fourth-order valence-corrected chi connectivity index (χ4v) is 4.90. The quantitative estimate of drug-likeness (QED) is 0.803. The predicted octanol–water partition coefficient (Wildman–Crippen LogP) is 2.40. The van der Waals surface area contributed by atoms with Crippen molar-refractivity contribution in [2.75, 3.05) is 39.4 Å². The molecule has 0 aliphatic carbocycles. The average Bonchev–Trinajstić information content (AvgIpc) is 3.23. The van der Waals surface area contributed by atoms with Crippen molar-refractivity contribution in [2.24, 2.45) is 7.05 Å². The summed E-state index contributed by atoms with van der Waals surface area (Å²) in [6.45, 7) is 10.1. The molecule has 7 heteroatoms. The Bertz CT molecular complexity index is 713. The largest absolute Gasteiger partial charge is 0.379 e. The maximum Gasteiger partial charge on any atom is 0.146 e. The van der Waals surface area contributed by atoms with Gasteiger partial charge in [0, 0.05) is 42.4 Å². The highest BCUT2D eigenvalue weighted by Crippen LogP contribution is 2.28. The van der Waals surface area contributed by atoms with Gasteiger partial charge in [0.25, 0.3) is 0 Å². The zero-order valence-corrected chi connectivity index (χ0v) is 16.7. The lowest BCUT2D eigenvalue weighted by Crippen LogP contribution is -2.36. The number of morpholine rings is 1. The summed E-state index contributed by atoms with van der Waals surface area (Å²) in [5.74, 6) is 2.78. The molecule has 0 N–H and O–H groups in total. The Morgan fingerprint density at radius 1 is 1.04 bits per heavy atom. The summed E-state index contributed by atoms with van der Waals surface area (Å²) in [5.41, 5.74) is 0. The van der Waals surface area contributed by atoms with Crippen molar-refractivity contribution in [3.8, 4) is 0 Å². The number of nitrogens with zero attached hydrogens (tertiary/aromatic N) is 5. The summed E-state index contributed by atoms with van der Waals surface area (Å²) < 4.78 is 7.67. The van der Waals surface area contributed by atoms with Crippen molar-refractivity contribution in [1.82, 2.24) is 24.6 Å². The van der Waals surface area contributed by atoms with E-state index in [1.54, 1.807) is 0 Å². The average molecular weight is 376 g/mol. The van der Waals surface area contributed by atoms with Crippen LogP contribution in [0.2, 0.25) is 0 Å². The molecule has 2 aromatic heterocycles. The van der Waals surface area contributed by atoms with E-state index in [1.165, 1.54) is 28.4 Å². The number of likely N-dealkylation sites (tertiary alicyclic amines) is 1. The predicted molar refractivity (Wildman–Crippen MR) is 103 cm³/mol. The molecule has 0 radical (unpaired) electrons. The minimum Gasteiger partial charge on any atom is -0.379 e. The van der Waals surface area contributed by atoms with Crippen molar-refractivity contribution in [3.05, 3.63) is 33.5 Å². The van der Waals surface area contributed by atoms with Crippen LogP contribution in [0.15, 0.2) is 12.1 Å². The van der Waals surface area contributed by atoms with Gasteiger partial charge in [0.05, 0.1) is 19.8 Å². The van der Waals surface area contributed by atoms with E-state index in [2.05, 4.69) is 50.7 Å². The molecular weight excluding hydrogens is 346 g/mol. The Labute approximate surface area is 159 Å². The van der Waals surface area contributed by atoms with Gasteiger partial charge in [-0.3, -0.25) is 9.80 Å². The van der Waals surface area contributed by atoms with Gasteiger partial charge in [-0.25, -0.2) is 0 Å². The molecule has 6 nitrogen and oxygen atoms in total. The van der Waals surface area contributed by atoms with Crippen LogP contribution in [0.4, 0.5) is 0 Å². The van der Waals surface area contributed by atoms with Crippen molar-refractivity contribution in [3.63, 3.8) is 0 Å². The maximum atomic E-state index is 5.43. The Balaban J connectivity index is 1.32. The number of piperidine rings is 1. The van der Waals surface area contributed by atoms with Crippen LogP contribution in [-0.2, 0) is 24.9 Å². The van der Waals surface area contributed by atoms with Crippen LogP contribution in [0.25, 0.3) is 0 Å². The molecule has 0 atom stereocenters. The molecule has 0 spiro atoms. The van der Waals surface area contributed by atoms with Gasteiger partial charge in [-0.1, -0.05) is 0 Å². The second-order valence-electron chi connectivity index (χ2n) is 7.48. The number of ether oxygens (including phenoxy) is 1. The third-order valence-electron chi connectivity index (χ3n) is 5.60. The van der Waals surface area contributed by atoms with Gasteiger partial charge in [0.2, 0.25) is 0 Å². The van der Waals surface area contributed by atoms with Crippen LogP contribution in [-0.4, -0.2) is 64.0 Å². The second-order valence-corrected chi connectivity index (χ2v) is 8.86. The van der Waals surface area contributed by atoms with Gasteiger partial charge in [0.15, 0.2) is 0 Å². The fourth-order valence-electron chi connectivity index (χ4n) is 3.97. The summed E-state index contributed by atoms with van der Waals surface area (Å²) in [6, 6.07) is 4.50. The highest BCUT2D eigenvalue weighted by Gasteiger charge is 2.26. The van der Waals surface area contributed by atoms with E-state index in [9.17, 15) is 0 Å². The van der Waals surface area contributed by atoms with Gasteiger partial charge in [-0.05, 0) is 45.0 Å². The molecule has 2 aromatic rings. The summed E-state index contributed by atoms with van der Waals surface area (Å²) >= 11 is 1.92. The van der Waals surface area contributed by atoms with Gasteiger partial charge in [0.1, 0.15) is 11.6 Å². The molecule has 0 saturated carbocycles. The molecular formula is C19H29N5OS. The van der Waals surface area contributed by atoms with Gasteiger partial charge < -0.3 is 9.30 Å². The van der Waals surface area contributed by atoms with Crippen LogP contribution < -0.4 is 0 Å². The molecule has 2 aliphatic heterocycles. The Morgan fingerprint density at radius 2 is 1.77 bits per heavy atom. The van der Waals surface area contributed by atoms with E-state index < -0.39 is 0 Å². The van der Waals surface area contributed by atoms with E-state index in [4.69, 9.17) is 4.74 Å². The number of aryl methyl sites for hydroxylation is 1. The zero-order valence-electron chi connectivity index (χ0n) is 15.9. The molecule has 2 saturated heterocycles. The first-order chi connectivity index (χ1) is 12.7. The van der Waals surface area contributed by atoms with E-state index in [0.29, 0.717) is 5.92 Å². The van der Waals surface area contributed by atoms with Crippen molar-refractivity contribution < 1.29 is 4.74 Å². The molecule has 2 aliphatic rings. The Kier molecular flexibility index (Phi) is 5.69. The molecule has 0 amide bonds. The topological polar surface area (TPSA) is 46.4 Å². The minimum atomic E-state index is 0.535. The van der Waals surface area contributed by atoms with Crippen molar-refractivity contribution in [2.45, 2.75) is 38.8 Å². The third kappa shape index (κ3) is 4.17. The monoisotopic (exact) mass is 375 g/mol. The fraction of sp³-hybridized carbons (Fsp3) is 0.684. The SMILES string of the molecule is Cc1ccc(CN2CCC(c3nnc(CN4CCOCC4)n3C)CC2)s1. The standard InChI is InChI=1S/C19H29N5OS/c1-15-3-4-17(26-15)13-23-7-5-16(6-8-23)19-21-20-18(22(19)2)14-24-9-11-25-12-10-24/h3-4,16H,5-14H2,1-2H3. The number of hydrogen-bond donors (Lipinski definition) is 0. The lowest BCUT2D eigenvalue weighted by atomic mass is 9.96. The first kappa shape index (κ1) is 18.1. The minimum absolute atomic E-state index is 0.535. The van der Waals surface area contributed by atoms with E-state index >= 15 is 0 Å². The van der Waals surface area contributed by atoms with Crippen molar-refractivity contribution >= 4 is 11.3 Å². The Morgan fingerprint density at radius 3 is 2.46 bits per heavy atom. The molecule has 2 fully saturated rings. The molecule has 142 valence electrons. The van der Waals surface area contributed by atoms with E-state index in [0.717, 1.165) is 58.3 Å². The van der Waals surface area contributed by atoms with Gasteiger partial charge >= 0.3 is 0 Å². The van der Waals surface area contributed by atoms with Crippen LogP contribution in [0.1, 0.15) is 40.2 Å². The number of thiophene rings is 1. The van der Waals surface area contributed by atoms with E-state index in [-0.39, 0.29) is 0 Å². The van der Waals surface area contributed by atoms with Gasteiger partial charge in [-0.2, -0.15) is 0 Å². The molecule has 4 rings (SSSR count). The molecule has 0 bridgehead atoms. The number of aromatic nitrogens is 3. The summed E-state index contributed by atoms with van der Waals surface area (Å²) in [6.07, 6.45) is 2.35. The second kappa shape index (κ2) is 8.17. The first-order valence-electron chi connectivity index (χ1n) is 9.65. The maximum absolute atomic E-state index is 5.43. The molecule has 0 unspecified atom stereocenters. The smallest absolute Gasteiger partial charge is 0.146 e. The van der Waals surface area contributed by atoms with Crippen LogP contribution in [0.3, 0.4) is 0 Å². The molecule has 0 aromatic carbocycles. The lowest BCUT2D eigenvalue weighted by Gasteiger charge is -2.31. The summed E-state index contributed by atoms with van der Waals surface area (Å²) in [7, 11) is 2.13. The lowest BCUT2D eigenvalue weighted by molar-refractivity contribution is 0.0326. The van der Waals surface area contributed by atoms with E-state index in [1.807, 2.05) is 11.3 Å². The van der Waals surface area contributed by atoms with Gasteiger partial charge in [-0.15, -0.1) is 21.5 Å². The number of hydrogen-bond acceptors (Lipinski definition) is 6. The number of rotatable bonds is 5. The molecule has 4 heterocycles. The van der Waals surface area contributed by atoms with Crippen LogP contribution in [0, 0.1) is 6.92 Å². The van der Waals surface area contributed by atoms with Crippen LogP contribution >= 0.6 is 11.3 Å². The summed E-state index contributed by atoms with van der Waals surface area (Å²) in [4.78, 5) is 7.87. The van der Waals surface area contributed by atoms with Crippen molar-refractivity contribution in [1.29, 1.82) is 0 Å². The highest BCUT2D eigenvalue weighted by atomic mass is 32.1. The highest BCUT2D eigenvalue weighted by molar-refractivity contribution is 7.11. The zero-order chi connectivity index (χ0) is 17.9. The third-order valence-corrected chi connectivity index (χ3v) is 6.58. The Hall–Kier alpha value is -1.28. The first-order valence-corrected chi connectivity index (χ1v) is 10.5. The molecule has 26 heavy (non-hydrogen) atoms. The normalized spacial score (nSPS) is 20.7.